The second-order valence-electron chi connectivity index (χ2n) is 8.14. The van der Waals surface area contributed by atoms with Crippen molar-refractivity contribution in [3.63, 3.8) is 0 Å². The van der Waals surface area contributed by atoms with Crippen molar-refractivity contribution in [3.8, 4) is 22.4 Å². The van der Waals surface area contributed by atoms with Gasteiger partial charge in [0.15, 0.2) is 0 Å². The van der Waals surface area contributed by atoms with E-state index in [-0.39, 0.29) is 0 Å². The van der Waals surface area contributed by atoms with Crippen molar-refractivity contribution in [2.24, 2.45) is 0 Å². The standard InChI is InChI=1S/C30H20ClN/c31-24-18-16-23(17-19-24)30(22-14-12-21(13-15-22)29-11-5-6-20-32-29)27-9-3-1-7-25(27)26-8-2-4-10-28(26)30/h1-20H. The topological polar surface area (TPSA) is 12.9 Å². The van der Waals surface area contributed by atoms with Gasteiger partial charge in [-0.25, -0.2) is 0 Å². The minimum Gasteiger partial charge on any atom is -0.256 e. The summed E-state index contributed by atoms with van der Waals surface area (Å²) in [5.74, 6) is 0. The fourth-order valence-electron chi connectivity index (χ4n) is 5.15. The van der Waals surface area contributed by atoms with E-state index < -0.39 is 5.41 Å². The number of pyridine rings is 1. The van der Waals surface area contributed by atoms with Gasteiger partial charge in [-0.05, 0) is 57.6 Å². The van der Waals surface area contributed by atoms with Gasteiger partial charge in [0.25, 0.3) is 0 Å². The van der Waals surface area contributed by atoms with Gasteiger partial charge in [-0.1, -0.05) is 103 Å². The van der Waals surface area contributed by atoms with Crippen LogP contribution >= 0.6 is 11.6 Å². The first-order valence-corrected chi connectivity index (χ1v) is 11.1. The molecule has 0 spiro atoms. The Bertz CT molecular complexity index is 1360. The van der Waals surface area contributed by atoms with Crippen LogP contribution in [0, 0.1) is 0 Å². The van der Waals surface area contributed by atoms with Gasteiger partial charge in [0.05, 0.1) is 11.1 Å². The van der Waals surface area contributed by atoms with E-state index >= 15 is 0 Å². The van der Waals surface area contributed by atoms with Crippen LogP contribution in [-0.4, -0.2) is 4.98 Å². The summed E-state index contributed by atoms with van der Waals surface area (Å²) in [5, 5.41) is 0.744. The number of halogens is 1. The molecule has 0 fully saturated rings. The minimum atomic E-state index is -0.402. The minimum absolute atomic E-state index is 0.402. The molecule has 0 N–H and O–H groups in total. The SMILES string of the molecule is Clc1ccc(C2(c3ccc(-c4ccccn4)cc3)c3ccccc3-c3ccccc32)cc1. The molecule has 2 heteroatoms. The van der Waals surface area contributed by atoms with E-state index in [0.29, 0.717) is 0 Å². The lowest BCUT2D eigenvalue weighted by molar-refractivity contribution is 0.768. The Morgan fingerprint density at radius 2 is 1.06 bits per heavy atom. The molecule has 0 aliphatic heterocycles. The zero-order valence-electron chi connectivity index (χ0n) is 17.4. The smallest absolute Gasteiger partial charge is 0.0713 e. The number of hydrogen-bond acceptors (Lipinski definition) is 1. The van der Waals surface area contributed by atoms with E-state index in [4.69, 9.17) is 11.6 Å². The highest BCUT2D eigenvalue weighted by molar-refractivity contribution is 6.30. The second kappa shape index (κ2) is 7.47. The molecule has 1 aliphatic rings. The molecule has 0 unspecified atom stereocenters. The third-order valence-corrected chi connectivity index (χ3v) is 6.76. The quantitative estimate of drug-likeness (QED) is 0.280. The van der Waals surface area contributed by atoms with E-state index in [1.54, 1.807) is 0 Å². The molecule has 4 aromatic carbocycles. The van der Waals surface area contributed by atoms with E-state index in [1.807, 2.05) is 36.5 Å². The Balaban J connectivity index is 1.65. The fourth-order valence-corrected chi connectivity index (χ4v) is 5.27. The molecule has 0 bridgehead atoms. The van der Waals surface area contributed by atoms with Crippen LogP contribution < -0.4 is 0 Å². The highest BCUT2D eigenvalue weighted by Crippen LogP contribution is 2.56. The molecule has 1 nitrogen and oxygen atoms in total. The van der Waals surface area contributed by atoms with E-state index in [0.717, 1.165) is 16.3 Å². The highest BCUT2D eigenvalue weighted by atomic mass is 35.5. The lowest BCUT2D eigenvalue weighted by atomic mass is 9.67. The molecule has 1 aromatic heterocycles. The number of aromatic nitrogens is 1. The number of benzene rings is 4. The maximum atomic E-state index is 6.29. The first kappa shape index (κ1) is 19.0. The van der Waals surface area contributed by atoms with E-state index in [9.17, 15) is 0 Å². The zero-order chi connectivity index (χ0) is 21.5. The maximum absolute atomic E-state index is 6.29. The van der Waals surface area contributed by atoms with Gasteiger partial charge in [-0.15, -0.1) is 0 Å². The maximum Gasteiger partial charge on any atom is 0.0713 e. The Labute approximate surface area is 193 Å². The first-order chi connectivity index (χ1) is 15.8. The summed E-state index contributed by atoms with van der Waals surface area (Å²) in [6, 6.07) is 40.7. The summed E-state index contributed by atoms with van der Waals surface area (Å²) in [6.07, 6.45) is 1.84. The molecule has 0 radical (unpaired) electrons. The zero-order valence-corrected chi connectivity index (χ0v) is 18.1. The average Bonchev–Trinajstić information content (AvgIpc) is 3.17. The van der Waals surface area contributed by atoms with Gasteiger partial charge in [-0.2, -0.15) is 0 Å². The molecule has 1 heterocycles. The Hall–Kier alpha value is -3.68. The van der Waals surface area contributed by atoms with Gasteiger partial charge in [-0.3, -0.25) is 4.98 Å². The predicted molar refractivity (Wildman–Crippen MR) is 132 cm³/mol. The Morgan fingerprint density at radius 3 is 1.62 bits per heavy atom. The number of hydrogen-bond donors (Lipinski definition) is 0. The van der Waals surface area contributed by atoms with Crippen LogP contribution in [0.4, 0.5) is 0 Å². The highest BCUT2D eigenvalue weighted by Gasteiger charge is 2.45. The van der Waals surface area contributed by atoms with E-state index in [1.165, 1.54) is 33.4 Å². The molecule has 0 atom stereocenters. The van der Waals surface area contributed by atoms with Crippen LogP contribution in [0.2, 0.25) is 5.02 Å². The molecule has 0 saturated heterocycles. The van der Waals surface area contributed by atoms with Crippen LogP contribution in [0.15, 0.2) is 121 Å². The molecule has 6 rings (SSSR count). The summed E-state index contributed by atoms with van der Waals surface area (Å²) in [4.78, 5) is 4.52. The van der Waals surface area contributed by atoms with Gasteiger partial charge in [0, 0.05) is 16.8 Å². The van der Waals surface area contributed by atoms with Gasteiger partial charge in [0.2, 0.25) is 0 Å². The molecule has 5 aromatic rings. The average molecular weight is 430 g/mol. The van der Waals surface area contributed by atoms with Crippen LogP contribution in [0.5, 0.6) is 0 Å². The van der Waals surface area contributed by atoms with Crippen molar-refractivity contribution in [1.29, 1.82) is 0 Å². The molecule has 0 amide bonds. The molecular formula is C30H20ClN. The third-order valence-electron chi connectivity index (χ3n) is 6.51. The summed E-state index contributed by atoms with van der Waals surface area (Å²) < 4.78 is 0. The van der Waals surface area contributed by atoms with Gasteiger partial charge >= 0.3 is 0 Å². The Morgan fingerprint density at radius 1 is 0.531 bits per heavy atom. The fraction of sp³-hybridized carbons (Fsp3) is 0.0333. The largest absolute Gasteiger partial charge is 0.256 e. The summed E-state index contributed by atoms with van der Waals surface area (Å²) in [5.41, 5.74) is 9.30. The molecule has 0 saturated carbocycles. The second-order valence-corrected chi connectivity index (χ2v) is 8.58. The molecule has 1 aliphatic carbocycles. The Kier molecular flexibility index (Phi) is 4.45. The lowest BCUT2D eigenvalue weighted by Gasteiger charge is -2.34. The van der Waals surface area contributed by atoms with Crippen molar-refractivity contribution in [2.45, 2.75) is 5.41 Å². The van der Waals surface area contributed by atoms with Crippen LogP contribution in [0.1, 0.15) is 22.3 Å². The number of rotatable bonds is 3. The third kappa shape index (κ3) is 2.75. The van der Waals surface area contributed by atoms with Crippen molar-refractivity contribution in [1.82, 2.24) is 4.98 Å². The molecule has 152 valence electrons. The molecule has 32 heavy (non-hydrogen) atoms. The number of fused-ring (bicyclic) bond motifs is 3. The van der Waals surface area contributed by atoms with Crippen LogP contribution in [0.3, 0.4) is 0 Å². The van der Waals surface area contributed by atoms with Crippen molar-refractivity contribution < 1.29 is 0 Å². The predicted octanol–water partition coefficient (Wildman–Crippen LogP) is 7.77. The van der Waals surface area contributed by atoms with Gasteiger partial charge in [0.1, 0.15) is 0 Å². The lowest BCUT2D eigenvalue weighted by Crippen LogP contribution is -2.28. The van der Waals surface area contributed by atoms with E-state index in [2.05, 4.69) is 89.9 Å². The van der Waals surface area contributed by atoms with Crippen molar-refractivity contribution >= 4 is 11.6 Å². The number of nitrogens with zero attached hydrogens (tertiary/aromatic N) is 1. The monoisotopic (exact) mass is 429 g/mol. The normalized spacial score (nSPS) is 13.4. The van der Waals surface area contributed by atoms with Crippen LogP contribution in [-0.2, 0) is 5.41 Å². The van der Waals surface area contributed by atoms with Gasteiger partial charge < -0.3 is 0 Å². The first-order valence-electron chi connectivity index (χ1n) is 10.8. The van der Waals surface area contributed by atoms with Crippen LogP contribution in [0.25, 0.3) is 22.4 Å². The summed E-state index contributed by atoms with van der Waals surface area (Å²) in [7, 11) is 0. The molecular weight excluding hydrogens is 410 g/mol. The summed E-state index contributed by atoms with van der Waals surface area (Å²) in [6.45, 7) is 0. The summed E-state index contributed by atoms with van der Waals surface area (Å²) >= 11 is 6.29. The van der Waals surface area contributed by atoms with Crippen molar-refractivity contribution in [2.75, 3.05) is 0 Å². The van der Waals surface area contributed by atoms with Crippen molar-refractivity contribution in [3.05, 3.63) is 149 Å².